The van der Waals surface area contributed by atoms with E-state index in [2.05, 4.69) is 23.4 Å². The van der Waals surface area contributed by atoms with Gasteiger partial charge in [-0.3, -0.25) is 4.68 Å². The maximum atomic E-state index is 6.28. The fraction of sp³-hybridized carbons (Fsp3) is 0.438. The van der Waals surface area contributed by atoms with Gasteiger partial charge in [0.1, 0.15) is 0 Å². The van der Waals surface area contributed by atoms with Crippen molar-refractivity contribution in [3.8, 4) is 0 Å². The Morgan fingerprint density at radius 2 is 2.05 bits per heavy atom. The lowest BCUT2D eigenvalue weighted by Crippen LogP contribution is -2.34. The number of aryl methyl sites for hydroxylation is 1. The first-order valence-corrected chi connectivity index (χ1v) is 8.00. The molecule has 1 unspecified atom stereocenters. The lowest BCUT2D eigenvalue weighted by atomic mass is 10.0. The second kappa shape index (κ2) is 7.83. The molecule has 0 amide bonds. The van der Waals surface area contributed by atoms with Crippen molar-refractivity contribution >= 4 is 23.2 Å². The highest BCUT2D eigenvalue weighted by Crippen LogP contribution is 2.22. The Morgan fingerprint density at radius 3 is 2.67 bits per heavy atom. The average Bonchev–Trinajstić information content (AvgIpc) is 2.84. The van der Waals surface area contributed by atoms with Gasteiger partial charge in [0.2, 0.25) is 0 Å². The zero-order valence-electron chi connectivity index (χ0n) is 12.4. The summed E-state index contributed by atoms with van der Waals surface area (Å²) in [5, 5.41) is 9.44. The molecule has 0 saturated carbocycles. The number of rotatable bonds is 7. The SMILES string of the molecule is CCCNC(Cc1ccn(C)n1)Cc1ccc(Cl)cc1Cl. The Hall–Kier alpha value is -1.03. The predicted octanol–water partition coefficient (Wildman–Crippen LogP) is 3.88. The number of hydrogen-bond donors (Lipinski definition) is 1. The molecule has 2 rings (SSSR count). The molecule has 21 heavy (non-hydrogen) atoms. The molecule has 0 aliphatic heterocycles. The van der Waals surface area contributed by atoms with Crippen LogP contribution in [0.2, 0.25) is 10.0 Å². The second-order valence-electron chi connectivity index (χ2n) is 5.28. The van der Waals surface area contributed by atoms with Gasteiger partial charge in [-0.2, -0.15) is 5.10 Å². The molecule has 1 aromatic carbocycles. The van der Waals surface area contributed by atoms with Crippen LogP contribution in [-0.4, -0.2) is 22.4 Å². The molecule has 1 N–H and O–H groups in total. The van der Waals surface area contributed by atoms with Crippen LogP contribution in [0.5, 0.6) is 0 Å². The largest absolute Gasteiger partial charge is 0.313 e. The fourth-order valence-electron chi connectivity index (χ4n) is 2.34. The second-order valence-corrected chi connectivity index (χ2v) is 6.12. The van der Waals surface area contributed by atoms with Crippen molar-refractivity contribution in [2.75, 3.05) is 6.54 Å². The van der Waals surface area contributed by atoms with E-state index in [1.165, 1.54) is 0 Å². The molecule has 0 bridgehead atoms. The molecule has 0 aliphatic carbocycles. The van der Waals surface area contributed by atoms with Gasteiger partial charge in [0.05, 0.1) is 5.69 Å². The highest BCUT2D eigenvalue weighted by Gasteiger charge is 2.13. The predicted molar refractivity (Wildman–Crippen MR) is 89.2 cm³/mol. The summed E-state index contributed by atoms with van der Waals surface area (Å²) < 4.78 is 1.83. The minimum atomic E-state index is 0.318. The van der Waals surface area contributed by atoms with Crippen molar-refractivity contribution in [2.45, 2.75) is 32.2 Å². The highest BCUT2D eigenvalue weighted by molar-refractivity contribution is 6.35. The van der Waals surface area contributed by atoms with Crippen LogP contribution in [0.15, 0.2) is 30.5 Å². The zero-order chi connectivity index (χ0) is 15.2. The summed E-state index contributed by atoms with van der Waals surface area (Å²) in [5.41, 5.74) is 2.21. The molecule has 1 heterocycles. The van der Waals surface area contributed by atoms with Crippen molar-refractivity contribution in [1.29, 1.82) is 0 Å². The van der Waals surface area contributed by atoms with E-state index in [9.17, 15) is 0 Å². The number of halogens is 2. The van der Waals surface area contributed by atoms with E-state index in [1.807, 2.05) is 30.1 Å². The lowest BCUT2D eigenvalue weighted by molar-refractivity contribution is 0.498. The lowest BCUT2D eigenvalue weighted by Gasteiger charge is -2.18. The molecule has 3 nitrogen and oxygen atoms in total. The van der Waals surface area contributed by atoms with Crippen LogP contribution in [0.4, 0.5) is 0 Å². The molecule has 0 saturated heterocycles. The third-order valence-electron chi connectivity index (χ3n) is 3.39. The van der Waals surface area contributed by atoms with Crippen molar-refractivity contribution < 1.29 is 0 Å². The van der Waals surface area contributed by atoms with Gasteiger partial charge in [-0.15, -0.1) is 0 Å². The minimum Gasteiger partial charge on any atom is -0.313 e. The maximum absolute atomic E-state index is 6.28. The Morgan fingerprint density at radius 1 is 1.24 bits per heavy atom. The van der Waals surface area contributed by atoms with Crippen molar-refractivity contribution in [3.05, 3.63) is 51.8 Å². The van der Waals surface area contributed by atoms with Gasteiger partial charge >= 0.3 is 0 Å². The molecular formula is C16H21Cl2N3. The van der Waals surface area contributed by atoms with Crippen LogP contribution in [-0.2, 0) is 19.9 Å². The highest BCUT2D eigenvalue weighted by atomic mass is 35.5. The molecule has 2 aromatic rings. The summed E-state index contributed by atoms with van der Waals surface area (Å²) in [5.74, 6) is 0. The van der Waals surface area contributed by atoms with Crippen LogP contribution < -0.4 is 5.32 Å². The molecule has 1 aromatic heterocycles. The zero-order valence-corrected chi connectivity index (χ0v) is 14.0. The first-order chi connectivity index (χ1) is 10.1. The van der Waals surface area contributed by atoms with E-state index < -0.39 is 0 Å². The Labute approximate surface area is 136 Å². The summed E-state index contributed by atoms with van der Waals surface area (Å²) in [6, 6.07) is 8.07. The minimum absolute atomic E-state index is 0.318. The van der Waals surface area contributed by atoms with Gasteiger partial charge in [0, 0.05) is 35.8 Å². The normalized spacial score (nSPS) is 12.6. The van der Waals surface area contributed by atoms with Crippen LogP contribution in [0.25, 0.3) is 0 Å². The van der Waals surface area contributed by atoms with Gasteiger partial charge in [0.25, 0.3) is 0 Å². The Bertz CT molecular complexity index is 581. The molecule has 114 valence electrons. The number of nitrogens with one attached hydrogen (secondary N) is 1. The Balaban J connectivity index is 2.08. The van der Waals surface area contributed by atoms with Gasteiger partial charge < -0.3 is 5.32 Å². The van der Waals surface area contributed by atoms with E-state index in [0.717, 1.165) is 42.1 Å². The van der Waals surface area contributed by atoms with E-state index in [-0.39, 0.29) is 0 Å². The molecular weight excluding hydrogens is 305 g/mol. The first kappa shape index (κ1) is 16.3. The monoisotopic (exact) mass is 325 g/mol. The standard InChI is InChI=1S/C16H21Cl2N3/c1-3-7-19-15(11-14-6-8-21(2)20-14)9-12-4-5-13(17)10-16(12)18/h4-6,8,10,15,19H,3,7,9,11H2,1-2H3. The van der Waals surface area contributed by atoms with E-state index in [0.29, 0.717) is 11.1 Å². The van der Waals surface area contributed by atoms with Gasteiger partial charge in [-0.25, -0.2) is 0 Å². The maximum Gasteiger partial charge on any atom is 0.0640 e. The molecule has 0 fully saturated rings. The van der Waals surface area contributed by atoms with Crippen molar-refractivity contribution in [2.24, 2.45) is 7.05 Å². The third-order valence-corrected chi connectivity index (χ3v) is 3.98. The molecule has 0 radical (unpaired) electrons. The molecule has 0 aliphatic rings. The molecule has 5 heteroatoms. The first-order valence-electron chi connectivity index (χ1n) is 7.24. The molecule has 1 atom stereocenters. The smallest absolute Gasteiger partial charge is 0.0640 e. The topological polar surface area (TPSA) is 29.9 Å². The quantitative estimate of drug-likeness (QED) is 0.837. The number of aromatic nitrogens is 2. The summed E-state index contributed by atoms with van der Waals surface area (Å²) in [6.45, 7) is 3.16. The van der Waals surface area contributed by atoms with Crippen LogP contribution in [0.1, 0.15) is 24.6 Å². The molecule has 0 spiro atoms. The number of hydrogen-bond acceptors (Lipinski definition) is 2. The van der Waals surface area contributed by atoms with E-state index in [1.54, 1.807) is 6.07 Å². The van der Waals surface area contributed by atoms with Crippen molar-refractivity contribution in [1.82, 2.24) is 15.1 Å². The van der Waals surface area contributed by atoms with Gasteiger partial charge in [-0.05, 0) is 43.1 Å². The summed E-state index contributed by atoms with van der Waals surface area (Å²) in [6.07, 6.45) is 4.83. The van der Waals surface area contributed by atoms with Gasteiger partial charge in [-0.1, -0.05) is 36.2 Å². The van der Waals surface area contributed by atoms with Crippen molar-refractivity contribution in [3.63, 3.8) is 0 Å². The summed E-state index contributed by atoms with van der Waals surface area (Å²) >= 11 is 12.2. The van der Waals surface area contributed by atoms with Crippen LogP contribution in [0.3, 0.4) is 0 Å². The summed E-state index contributed by atoms with van der Waals surface area (Å²) in [7, 11) is 1.94. The fourth-order valence-corrected chi connectivity index (χ4v) is 2.83. The van der Waals surface area contributed by atoms with Crippen LogP contribution >= 0.6 is 23.2 Å². The van der Waals surface area contributed by atoms with E-state index >= 15 is 0 Å². The number of nitrogens with zero attached hydrogens (tertiary/aromatic N) is 2. The number of benzene rings is 1. The van der Waals surface area contributed by atoms with E-state index in [4.69, 9.17) is 23.2 Å². The van der Waals surface area contributed by atoms with Crippen LogP contribution in [0, 0.1) is 0 Å². The summed E-state index contributed by atoms with van der Waals surface area (Å²) in [4.78, 5) is 0. The Kier molecular flexibility index (Phi) is 6.09. The van der Waals surface area contributed by atoms with Gasteiger partial charge in [0.15, 0.2) is 0 Å². The third kappa shape index (κ3) is 5.03. The average molecular weight is 326 g/mol.